The van der Waals surface area contributed by atoms with Crippen LogP contribution >= 0.6 is 39.1 Å². The van der Waals surface area contributed by atoms with Crippen molar-refractivity contribution >= 4 is 50.9 Å². The van der Waals surface area contributed by atoms with Crippen molar-refractivity contribution in [1.82, 2.24) is 10.2 Å². The van der Waals surface area contributed by atoms with Crippen molar-refractivity contribution in [2.24, 2.45) is 0 Å². The number of unbranched alkanes of at least 4 members (excludes halogenated alkanes) is 1. The highest BCUT2D eigenvalue weighted by atomic mass is 79.9. The fourth-order valence-electron chi connectivity index (χ4n) is 3.83. The maximum Gasteiger partial charge on any atom is 0.261 e. The van der Waals surface area contributed by atoms with E-state index in [2.05, 4.69) is 28.2 Å². The summed E-state index contributed by atoms with van der Waals surface area (Å²) < 4.78 is 6.81. The average Bonchev–Trinajstić information content (AvgIpc) is 2.89. The van der Waals surface area contributed by atoms with E-state index in [1.54, 1.807) is 23.1 Å². The minimum absolute atomic E-state index is 0.178. The van der Waals surface area contributed by atoms with Crippen molar-refractivity contribution in [3.05, 3.63) is 97.9 Å². The summed E-state index contributed by atoms with van der Waals surface area (Å²) in [5, 5.41) is 3.82. The lowest BCUT2D eigenvalue weighted by molar-refractivity contribution is -0.142. The van der Waals surface area contributed by atoms with E-state index in [0.717, 1.165) is 34.0 Å². The van der Waals surface area contributed by atoms with Crippen LogP contribution in [0.15, 0.2) is 71.2 Å². The molecule has 0 saturated heterocycles. The Balaban J connectivity index is 1.91. The Morgan fingerprint density at radius 1 is 1.00 bits per heavy atom. The molecule has 0 aromatic heterocycles. The SMILES string of the molecule is CCCCNC(=O)[C@@H](Cc1ccccc1)N(Cc1ccc(Cl)c(Cl)c1)C(=O)COc1ccc(Br)c(C)c1. The maximum atomic E-state index is 13.6. The van der Waals surface area contributed by atoms with Gasteiger partial charge in [-0.2, -0.15) is 0 Å². The van der Waals surface area contributed by atoms with Gasteiger partial charge in [0, 0.05) is 24.0 Å². The number of rotatable bonds is 12. The molecule has 0 saturated carbocycles. The van der Waals surface area contributed by atoms with Gasteiger partial charge in [0.05, 0.1) is 10.0 Å². The molecular formula is C29H31BrCl2N2O3. The lowest BCUT2D eigenvalue weighted by Gasteiger charge is -2.31. The largest absolute Gasteiger partial charge is 0.484 e. The Labute approximate surface area is 237 Å². The molecule has 0 fully saturated rings. The number of carbonyl (C=O) groups is 2. The van der Waals surface area contributed by atoms with Gasteiger partial charge in [0.2, 0.25) is 5.91 Å². The molecule has 5 nitrogen and oxygen atoms in total. The molecule has 3 aromatic rings. The quantitative estimate of drug-likeness (QED) is 0.226. The summed E-state index contributed by atoms with van der Waals surface area (Å²) >= 11 is 15.8. The van der Waals surface area contributed by atoms with Crippen LogP contribution < -0.4 is 10.1 Å². The Bertz CT molecular complexity index is 1210. The summed E-state index contributed by atoms with van der Waals surface area (Å²) in [6, 6.07) is 19.7. The van der Waals surface area contributed by atoms with Gasteiger partial charge in [-0.05, 0) is 60.4 Å². The molecule has 0 unspecified atom stereocenters. The third-order valence-electron chi connectivity index (χ3n) is 5.93. The van der Waals surface area contributed by atoms with Gasteiger partial charge in [-0.25, -0.2) is 0 Å². The van der Waals surface area contributed by atoms with Gasteiger partial charge in [-0.15, -0.1) is 0 Å². The summed E-state index contributed by atoms with van der Waals surface area (Å²) in [4.78, 5) is 28.7. The van der Waals surface area contributed by atoms with Crippen LogP contribution in [0, 0.1) is 6.92 Å². The van der Waals surface area contributed by atoms with Crippen LogP contribution in [0.1, 0.15) is 36.5 Å². The molecule has 0 aliphatic heterocycles. The van der Waals surface area contributed by atoms with Gasteiger partial charge in [-0.1, -0.05) is 88.9 Å². The number of aryl methyl sites for hydroxylation is 1. The second-order valence-electron chi connectivity index (χ2n) is 8.82. The van der Waals surface area contributed by atoms with Crippen molar-refractivity contribution in [2.45, 2.75) is 45.7 Å². The molecule has 1 atom stereocenters. The van der Waals surface area contributed by atoms with Crippen molar-refractivity contribution < 1.29 is 14.3 Å². The summed E-state index contributed by atoms with van der Waals surface area (Å²) in [7, 11) is 0. The zero-order chi connectivity index (χ0) is 26.8. The summed E-state index contributed by atoms with van der Waals surface area (Å²) in [5.41, 5.74) is 2.71. The van der Waals surface area contributed by atoms with Crippen LogP contribution in [0.3, 0.4) is 0 Å². The van der Waals surface area contributed by atoms with Gasteiger partial charge in [-0.3, -0.25) is 9.59 Å². The van der Waals surface area contributed by atoms with Crippen molar-refractivity contribution in [3.8, 4) is 5.75 Å². The van der Waals surface area contributed by atoms with E-state index in [1.165, 1.54) is 0 Å². The van der Waals surface area contributed by atoms with E-state index >= 15 is 0 Å². The number of ether oxygens (including phenoxy) is 1. The van der Waals surface area contributed by atoms with E-state index in [0.29, 0.717) is 28.8 Å². The van der Waals surface area contributed by atoms with Crippen LogP contribution in [-0.4, -0.2) is 35.9 Å². The predicted octanol–water partition coefficient (Wildman–Crippen LogP) is 7.00. The number of amides is 2. The normalized spacial score (nSPS) is 11.6. The van der Waals surface area contributed by atoms with Crippen molar-refractivity contribution in [2.75, 3.05) is 13.2 Å². The smallest absolute Gasteiger partial charge is 0.261 e. The van der Waals surface area contributed by atoms with Crippen LogP contribution in [0.2, 0.25) is 10.0 Å². The standard InChI is InChI=1S/C29H31BrCl2N2O3/c1-3-4-14-33-29(36)27(17-21-8-6-5-7-9-21)34(18-22-10-13-25(31)26(32)16-22)28(35)19-37-23-11-12-24(30)20(2)15-23/h5-13,15-16,27H,3-4,14,17-19H2,1-2H3,(H,33,36)/t27-/m1/s1. The molecule has 0 aliphatic carbocycles. The summed E-state index contributed by atoms with van der Waals surface area (Å²) in [6.45, 7) is 4.53. The summed E-state index contributed by atoms with van der Waals surface area (Å²) in [6.07, 6.45) is 2.18. The lowest BCUT2D eigenvalue weighted by Crippen LogP contribution is -2.51. The maximum absolute atomic E-state index is 13.6. The predicted molar refractivity (Wildman–Crippen MR) is 153 cm³/mol. The van der Waals surface area contributed by atoms with Gasteiger partial charge >= 0.3 is 0 Å². The van der Waals surface area contributed by atoms with E-state index in [9.17, 15) is 9.59 Å². The van der Waals surface area contributed by atoms with E-state index in [1.807, 2.05) is 55.5 Å². The van der Waals surface area contributed by atoms with Gasteiger partial charge in [0.15, 0.2) is 6.61 Å². The molecule has 2 amide bonds. The van der Waals surface area contributed by atoms with Crippen LogP contribution in [0.25, 0.3) is 0 Å². The second kappa shape index (κ2) is 14.4. The van der Waals surface area contributed by atoms with Crippen LogP contribution in [0.5, 0.6) is 5.75 Å². The number of carbonyl (C=O) groups excluding carboxylic acids is 2. The Hall–Kier alpha value is -2.54. The van der Waals surface area contributed by atoms with Crippen molar-refractivity contribution in [3.63, 3.8) is 0 Å². The zero-order valence-corrected chi connectivity index (χ0v) is 24.1. The topological polar surface area (TPSA) is 58.6 Å². The molecule has 196 valence electrons. The Kier molecular flexibility index (Phi) is 11.3. The monoisotopic (exact) mass is 604 g/mol. The Morgan fingerprint density at radius 2 is 1.76 bits per heavy atom. The minimum Gasteiger partial charge on any atom is -0.484 e. The Morgan fingerprint density at radius 3 is 2.43 bits per heavy atom. The minimum atomic E-state index is -0.739. The number of halogens is 3. The molecule has 1 N–H and O–H groups in total. The van der Waals surface area contributed by atoms with Gasteiger partial charge < -0.3 is 15.0 Å². The zero-order valence-electron chi connectivity index (χ0n) is 21.0. The number of hydrogen-bond donors (Lipinski definition) is 1. The highest BCUT2D eigenvalue weighted by Crippen LogP contribution is 2.25. The molecule has 0 radical (unpaired) electrons. The van der Waals surface area contributed by atoms with Crippen LogP contribution in [-0.2, 0) is 22.6 Å². The average molecular weight is 606 g/mol. The third kappa shape index (κ3) is 8.77. The molecule has 3 rings (SSSR count). The second-order valence-corrected chi connectivity index (χ2v) is 10.5. The fraction of sp³-hybridized carbons (Fsp3) is 0.310. The molecule has 0 heterocycles. The molecular weight excluding hydrogens is 575 g/mol. The van der Waals surface area contributed by atoms with Crippen LogP contribution in [0.4, 0.5) is 0 Å². The fourth-order valence-corrected chi connectivity index (χ4v) is 4.40. The van der Waals surface area contributed by atoms with Gasteiger partial charge in [0.1, 0.15) is 11.8 Å². The lowest BCUT2D eigenvalue weighted by atomic mass is 10.0. The molecule has 0 spiro atoms. The highest BCUT2D eigenvalue weighted by Gasteiger charge is 2.30. The van der Waals surface area contributed by atoms with E-state index in [-0.39, 0.29) is 25.0 Å². The number of hydrogen-bond acceptors (Lipinski definition) is 3. The van der Waals surface area contributed by atoms with E-state index < -0.39 is 6.04 Å². The first kappa shape index (κ1) is 29.0. The molecule has 0 bridgehead atoms. The number of benzene rings is 3. The molecule has 3 aromatic carbocycles. The van der Waals surface area contributed by atoms with Gasteiger partial charge in [0.25, 0.3) is 5.91 Å². The first-order valence-electron chi connectivity index (χ1n) is 12.2. The number of nitrogens with zero attached hydrogens (tertiary/aromatic N) is 1. The van der Waals surface area contributed by atoms with Crippen molar-refractivity contribution in [1.29, 1.82) is 0 Å². The first-order valence-corrected chi connectivity index (χ1v) is 13.8. The first-order chi connectivity index (χ1) is 17.8. The summed E-state index contributed by atoms with van der Waals surface area (Å²) in [5.74, 6) is 0.0685. The van der Waals surface area contributed by atoms with E-state index in [4.69, 9.17) is 27.9 Å². The highest BCUT2D eigenvalue weighted by molar-refractivity contribution is 9.10. The third-order valence-corrected chi connectivity index (χ3v) is 7.56. The molecule has 8 heteroatoms. The molecule has 0 aliphatic rings. The number of nitrogens with one attached hydrogen (secondary N) is 1. The molecule has 37 heavy (non-hydrogen) atoms.